The number of halogens is 1. The highest BCUT2D eigenvalue weighted by molar-refractivity contribution is 8.93. The zero-order valence-electron chi connectivity index (χ0n) is 25.1. The summed E-state index contributed by atoms with van der Waals surface area (Å²) in [5.41, 5.74) is 3.54. The van der Waals surface area contributed by atoms with E-state index in [0.717, 1.165) is 40.9 Å². The Hall–Kier alpha value is -2.60. The number of amidine groups is 1. The summed E-state index contributed by atoms with van der Waals surface area (Å²) < 4.78 is 5.76. The van der Waals surface area contributed by atoms with E-state index in [1.165, 1.54) is 0 Å². The van der Waals surface area contributed by atoms with Gasteiger partial charge in [-0.05, 0) is 72.6 Å². The SMILES string of the molecule is Br.CCCC1CN(CC(=O)c2cc(C(C)(C)C)c(O)c(C(C)(C)C)c2)C(=N)/C1=C\c1ccc(OC(C)C)cc1. The van der Waals surface area contributed by atoms with Gasteiger partial charge in [0.2, 0.25) is 0 Å². The number of phenolic OH excluding ortho intramolecular Hbond substituents is 1. The Balaban J connectivity index is 0.00000533. The third-order valence-electron chi connectivity index (χ3n) is 7.06. The molecule has 1 saturated heterocycles. The maximum absolute atomic E-state index is 13.6. The molecule has 6 heteroatoms. The molecule has 0 aromatic heterocycles. The lowest BCUT2D eigenvalue weighted by atomic mass is 9.78. The van der Waals surface area contributed by atoms with Crippen LogP contribution in [0.3, 0.4) is 0 Å². The van der Waals surface area contributed by atoms with Gasteiger partial charge in [-0.1, -0.05) is 67.0 Å². The van der Waals surface area contributed by atoms with Gasteiger partial charge in [0.1, 0.15) is 17.3 Å². The lowest BCUT2D eigenvalue weighted by Gasteiger charge is -2.28. The molecule has 0 bridgehead atoms. The molecule has 3 rings (SSSR count). The average Bonchev–Trinajstić information content (AvgIpc) is 3.07. The molecule has 1 heterocycles. The molecule has 1 fully saturated rings. The first-order chi connectivity index (χ1) is 17.6. The van der Waals surface area contributed by atoms with E-state index in [4.69, 9.17) is 10.1 Å². The van der Waals surface area contributed by atoms with Crippen molar-refractivity contribution in [1.82, 2.24) is 4.90 Å². The summed E-state index contributed by atoms with van der Waals surface area (Å²) in [7, 11) is 0. The molecule has 0 amide bonds. The number of phenols is 1. The van der Waals surface area contributed by atoms with Crippen molar-refractivity contribution in [2.45, 2.75) is 92.1 Å². The van der Waals surface area contributed by atoms with Gasteiger partial charge >= 0.3 is 0 Å². The monoisotopic (exact) mass is 598 g/mol. The van der Waals surface area contributed by atoms with Crippen molar-refractivity contribution >= 4 is 34.7 Å². The largest absolute Gasteiger partial charge is 0.507 e. The van der Waals surface area contributed by atoms with Crippen LogP contribution in [0, 0.1) is 11.3 Å². The van der Waals surface area contributed by atoms with Crippen molar-refractivity contribution < 1.29 is 14.6 Å². The highest BCUT2D eigenvalue weighted by atomic mass is 79.9. The summed E-state index contributed by atoms with van der Waals surface area (Å²) in [5, 5.41) is 20.0. The topological polar surface area (TPSA) is 73.6 Å². The van der Waals surface area contributed by atoms with Gasteiger partial charge in [0, 0.05) is 29.2 Å². The van der Waals surface area contributed by atoms with Crippen LogP contribution in [0.5, 0.6) is 11.5 Å². The Labute approximate surface area is 245 Å². The molecule has 1 atom stereocenters. The van der Waals surface area contributed by atoms with Crippen molar-refractivity contribution in [3.63, 3.8) is 0 Å². The summed E-state index contributed by atoms with van der Waals surface area (Å²) in [5.74, 6) is 1.71. The minimum absolute atomic E-state index is 0. The summed E-state index contributed by atoms with van der Waals surface area (Å²) in [4.78, 5) is 15.5. The Kier molecular flexibility index (Phi) is 10.6. The van der Waals surface area contributed by atoms with Crippen molar-refractivity contribution in [2.75, 3.05) is 13.1 Å². The number of carbonyl (C=O) groups is 1. The summed E-state index contributed by atoms with van der Waals surface area (Å²) in [6.07, 6.45) is 4.19. The van der Waals surface area contributed by atoms with Crippen molar-refractivity contribution in [3.05, 3.63) is 64.2 Å². The number of carbonyl (C=O) groups excluding carboxylic acids is 1. The molecule has 5 nitrogen and oxygen atoms in total. The van der Waals surface area contributed by atoms with Crippen LogP contribution >= 0.6 is 17.0 Å². The molecular weight excluding hydrogens is 552 g/mol. The molecule has 1 aliphatic heterocycles. The number of nitrogens with zero attached hydrogens (tertiary/aromatic N) is 1. The van der Waals surface area contributed by atoms with Gasteiger partial charge in [0.25, 0.3) is 0 Å². The summed E-state index contributed by atoms with van der Waals surface area (Å²) in [6.45, 7) is 19.3. The molecule has 0 radical (unpaired) electrons. The van der Waals surface area contributed by atoms with Crippen LogP contribution in [0.4, 0.5) is 0 Å². The second-order valence-electron chi connectivity index (χ2n) is 12.9. The molecule has 0 aliphatic carbocycles. The Morgan fingerprint density at radius 2 is 1.62 bits per heavy atom. The van der Waals surface area contributed by atoms with Crippen LogP contribution in [0.15, 0.2) is 42.0 Å². The first-order valence-electron chi connectivity index (χ1n) is 13.8. The molecule has 2 N–H and O–H groups in total. The van der Waals surface area contributed by atoms with Gasteiger partial charge in [0.15, 0.2) is 5.78 Å². The first kappa shape index (κ1) is 32.6. The van der Waals surface area contributed by atoms with Crippen LogP contribution in [0.25, 0.3) is 6.08 Å². The predicted octanol–water partition coefficient (Wildman–Crippen LogP) is 8.33. The molecule has 0 saturated carbocycles. The van der Waals surface area contributed by atoms with Crippen molar-refractivity contribution in [3.8, 4) is 11.5 Å². The van der Waals surface area contributed by atoms with Crippen molar-refractivity contribution in [2.24, 2.45) is 5.92 Å². The fourth-order valence-corrected chi connectivity index (χ4v) is 5.05. The number of likely N-dealkylation sites (tertiary alicyclic amines) is 1. The smallest absolute Gasteiger partial charge is 0.182 e. The zero-order valence-corrected chi connectivity index (χ0v) is 26.9. The van der Waals surface area contributed by atoms with Gasteiger partial charge < -0.3 is 14.7 Å². The summed E-state index contributed by atoms with van der Waals surface area (Å²) in [6, 6.07) is 11.7. The van der Waals surface area contributed by atoms with Crippen LogP contribution in [-0.2, 0) is 10.8 Å². The fraction of sp³-hybridized carbons (Fsp3) is 0.515. The molecule has 2 aromatic rings. The van der Waals surface area contributed by atoms with E-state index in [1.54, 1.807) is 0 Å². The molecular formula is C33H47BrN2O3. The number of hydrogen-bond acceptors (Lipinski definition) is 4. The second kappa shape index (κ2) is 12.7. The molecule has 1 aliphatic rings. The van der Waals surface area contributed by atoms with E-state index < -0.39 is 0 Å². The zero-order chi connectivity index (χ0) is 28.4. The van der Waals surface area contributed by atoms with E-state index in [9.17, 15) is 9.90 Å². The number of benzene rings is 2. The number of rotatable bonds is 8. The second-order valence-corrected chi connectivity index (χ2v) is 12.9. The molecule has 214 valence electrons. The molecule has 0 spiro atoms. The lowest BCUT2D eigenvalue weighted by molar-refractivity contribution is 0.0963. The number of aromatic hydroxyl groups is 1. The van der Waals surface area contributed by atoms with E-state index >= 15 is 0 Å². The maximum atomic E-state index is 13.6. The highest BCUT2D eigenvalue weighted by Crippen LogP contribution is 2.40. The molecule has 39 heavy (non-hydrogen) atoms. The maximum Gasteiger partial charge on any atom is 0.182 e. The van der Waals surface area contributed by atoms with E-state index in [-0.39, 0.29) is 57.9 Å². The fourth-order valence-electron chi connectivity index (χ4n) is 5.05. The third-order valence-corrected chi connectivity index (χ3v) is 7.06. The lowest BCUT2D eigenvalue weighted by Crippen LogP contribution is -2.31. The number of hydrogen-bond donors (Lipinski definition) is 2. The van der Waals surface area contributed by atoms with Crippen LogP contribution in [0.2, 0.25) is 0 Å². The van der Waals surface area contributed by atoms with Gasteiger partial charge in [-0.2, -0.15) is 0 Å². The average molecular weight is 600 g/mol. The minimum Gasteiger partial charge on any atom is -0.507 e. The number of nitrogens with one attached hydrogen (secondary N) is 1. The first-order valence-corrected chi connectivity index (χ1v) is 13.8. The third kappa shape index (κ3) is 7.97. The Bertz CT molecular complexity index is 1170. The van der Waals surface area contributed by atoms with Gasteiger partial charge in [0.05, 0.1) is 12.6 Å². The highest BCUT2D eigenvalue weighted by Gasteiger charge is 2.34. The number of ketones is 1. The summed E-state index contributed by atoms with van der Waals surface area (Å²) >= 11 is 0. The Morgan fingerprint density at radius 3 is 2.08 bits per heavy atom. The molecule has 1 unspecified atom stereocenters. The predicted molar refractivity (Wildman–Crippen MR) is 168 cm³/mol. The van der Waals surface area contributed by atoms with Gasteiger partial charge in [-0.3, -0.25) is 10.2 Å². The van der Waals surface area contributed by atoms with Crippen molar-refractivity contribution in [1.29, 1.82) is 5.41 Å². The molecule has 2 aromatic carbocycles. The number of ether oxygens (including phenoxy) is 1. The van der Waals surface area contributed by atoms with E-state index in [0.29, 0.717) is 17.9 Å². The quantitative estimate of drug-likeness (QED) is 0.299. The van der Waals surface area contributed by atoms with Gasteiger partial charge in [-0.25, -0.2) is 0 Å². The normalized spacial score (nSPS) is 17.1. The standard InChI is InChI=1S/C33H46N2O3.BrH/c1-10-11-23-19-35(31(34)26(23)16-22-12-14-25(15-13-22)38-21(2)3)20-29(36)24-17-27(32(4,5)6)30(37)28(18-24)33(7,8)9;/h12-18,21,23,34,37H,10-11,19-20H2,1-9H3;1H/b26-16-,34-31?;. The van der Waals surface area contributed by atoms with Crippen LogP contribution in [0.1, 0.15) is 102 Å². The van der Waals surface area contributed by atoms with Crippen LogP contribution in [-0.4, -0.2) is 40.8 Å². The minimum atomic E-state index is -0.307. The Morgan fingerprint density at radius 1 is 1.08 bits per heavy atom. The van der Waals surface area contributed by atoms with E-state index in [1.807, 2.05) is 96.7 Å². The van der Waals surface area contributed by atoms with Gasteiger partial charge in [-0.15, -0.1) is 17.0 Å². The number of Topliss-reactive ketones (excluding diaryl/α,β-unsaturated/α-hetero) is 1. The van der Waals surface area contributed by atoms with Crippen LogP contribution < -0.4 is 4.74 Å². The van der Waals surface area contributed by atoms with E-state index in [2.05, 4.69) is 13.0 Å².